The molecule has 26 heavy (non-hydrogen) atoms. The van der Waals surface area contributed by atoms with Crippen LogP contribution in [0.2, 0.25) is 0 Å². The van der Waals surface area contributed by atoms with E-state index in [-0.39, 0.29) is 6.04 Å². The fourth-order valence-corrected chi connectivity index (χ4v) is 4.17. The molecule has 1 aliphatic carbocycles. The first-order valence-corrected chi connectivity index (χ1v) is 9.98. The molecule has 3 nitrogen and oxygen atoms in total. The molecule has 134 valence electrons. The van der Waals surface area contributed by atoms with Crippen molar-refractivity contribution in [1.29, 1.82) is 0 Å². The van der Waals surface area contributed by atoms with Gasteiger partial charge in [0.05, 0.1) is 11.7 Å². The van der Waals surface area contributed by atoms with E-state index in [0.29, 0.717) is 11.8 Å². The summed E-state index contributed by atoms with van der Waals surface area (Å²) in [5, 5.41) is 9.18. The highest BCUT2D eigenvalue weighted by molar-refractivity contribution is 7.80. The first-order chi connectivity index (χ1) is 12.6. The Hall–Kier alpha value is -2.07. The van der Waals surface area contributed by atoms with E-state index >= 15 is 0 Å². The van der Waals surface area contributed by atoms with Gasteiger partial charge in [-0.2, -0.15) is 12.6 Å². The van der Waals surface area contributed by atoms with E-state index in [2.05, 4.69) is 92.2 Å². The highest BCUT2D eigenvalue weighted by Crippen LogP contribution is 2.43. The third kappa shape index (κ3) is 2.77. The molecule has 0 saturated heterocycles. The molecular formula is C22H25N3S. The maximum absolute atomic E-state index is 4.64. The van der Waals surface area contributed by atoms with Crippen LogP contribution in [-0.4, -0.2) is 20.7 Å². The Morgan fingerprint density at radius 2 is 1.73 bits per heavy atom. The molecular weight excluding hydrogens is 338 g/mol. The summed E-state index contributed by atoms with van der Waals surface area (Å²) in [5.41, 5.74) is 7.33. The molecule has 4 heteroatoms. The van der Waals surface area contributed by atoms with Crippen LogP contribution in [0.1, 0.15) is 43.9 Å². The van der Waals surface area contributed by atoms with Gasteiger partial charge in [0.2, 0.25) is 0 Å². The lowest BCUT2D eigenvalue weighted by molar-refractivity contribution is 0.495. The third-order valence-corrected chi connectivity index (χ3v) is 6.04. The highest BCUT2D eigenvalue weighted by Gasteiger charge is 2.29. The van der Waals surface area contributed by atoms with Gasteiger partial charge < -0.3 is 0 Å². The van der Waals surface area contributed by atoms with Crippen LogP contribution in [0.5, 0.6) is 0 Å². The van der Waals surface area contributed by atoms with Crippen molar-refractivity contribution in [1.82, 2.24) is 15.0 Å². The Balaban J connectivity index is 2.06. The standard InChI is InChI=1S/C22H25N3S/c1-14(2)20-12-16-8-4-5-9-17(16)22-21(19-11-7-6-10-18(19)20)23-24-25(22)15(3)13-26/h4-11,14-15,20,26H,12-13H2,1-3H3. The van der Waals surface area contributed by atoms with E-state index in [1.165, 1.54) is 22.3 Å². The van der Waals surface area contributed by atoms with Gasteiger partial charge in [-0.3, -0.25) is 0 Å². The zero-order valence-corrected chi connectivity index (χ0v) is 16.4. The number of rotatable bonds is 3. The molecule has 0 N–H and O–H groups in total. The van der Waals surface area contributed by atoms with Gasteiger partial charge in [0.1, 0.15) is 5.69 Å². The maximum Gasteiger partial charge on any atom is 0.121 e. The Morgan fingerprint density at radius 3 is 2.46 bits per heavy atom. The maximum atomic E-state index is 4.64. The zero-order valence-electron chi connectivity index (χ0n) is 15.6. The Morgan fingerprint density at radius 1 is 1.04 bits per heavy atom. The number of nitrogens with zero attached hydrogens (tertiary/aromatic N) is 3. The monoisotopic (exact) mass is 363 g/mol. The second-order valence-corrected chi connectivity index (χ2v) is 7.93. The Kier molecular flexibility index (Phi) is 4.62. The van der Waals surface area contributed by atoms with Crippen molar-refractivity contribution < 1.29 is 0 Å². The minimum absolute atomic E-state index is 0.190. The number of benzene rings is 2. The van der Waals surface area contributed by atoms with Crippen LogP contribution in [0.15, 0.2) is 48.5 Å². The van der Waals surface area contributed by atoms with E-state index in [0.717, 1.165) is 23.6 Å². The molecule has 0 fully saturated rings. The lowest BCUT2D eigenvalue weighted by atomic mass is 9.77. The number of hydrogen-bond acceptors (Lipinski definition) is 3. The van der Waals surface area contributed by atoms with E-state index in [1.807, 2.05) is 4.68 Å². The van der Waals surface area contributed by atoms with Crippen molar-refractivity contribution in [2.45, 2.75) is 39.2 Å². The van der Waals surface area contributed by atoms with Gasteiger partial charge in [-0.1, -0.05) is 67.6 Å². The minimum atomic E-state index is 0.190. The summed E-state index contributed by atoms with van der Waals surface area (Å²) >= 11 is 4.50. The molecule has 0 aliphatic heterocycles. The molecule has 2 aromatic carbocycles. The van der Waals surface area contributed by atoms with Gasteiger partial charge in [-0.05, 0) is 36.3 Å². The van der Waals surface area contributed by atoms with E-state index < -0.39 is 0 Å². The molecule has 2 atom stereocenters. The van der Waals surface area contributed by atoms with Gasteiger partial charge in [0, 0.05) is 16.9 Å². The number of aromatic nitrogens is 3. The van der Waals surface area contributed by atoms with Crippen LogP contribution < -0.4 is 0 Å². The molecule has 2 unspecified atom stereocenters. The quantitative estimate of drug-likeness (QED) is 0.632. The SMILES string of the molecule is CC(C)C1Cc2ccccc2-c2c(nnn2C(C)CS)-c2ccccc21. The summed E-state index contributed by atoms with van der Waals surface area (Å²) in [6.07, 6.45) is 1.03. The molecule has 3 aromatic rings. The van der Waals surface area contributed by atoms with Crippen LogP contribution in [0, 0.1) is 5.92 Å². The summed E-state index contributed by atoms with van der Waals surface area (Å²) in [6, 6.07) is 17.6. The Labute approximate surface area is 160 Å². The highest BCUT2D eigenvalue weighted by atomic mass is 32.1. The van der Waals surface area contributed by atoms with E-state index in [9.17, 15) is 0 Å². The molecule has 1 aromatic heterocycles. The molecule has 0 bridgehead atoms. The second-order valence-electron chi connectivity index (χ2n) is 7.56. The topological polar surface area (TPSA) is 30.7 Å². The third-order valence-electron chi connectivity index (χ3n) is 5.51. The average Bonchev–Trinajstić information content (AvgIpc) is 3.08. The normalized spacial score (nSPS) is 17.0. The molecule has 1 heterocycles. The molecule has 0 amide bonds. The Bertz CT molecular complexity index is 929. The van der Waals surface area contributed by atoms with Gasteiger partial charge in [-0.15, -0.1) is 5.10 Å². The fraction of sp³-hybridized carbons (Fsp3) is 0.364. The van der Waals surface area contributed by atoms with Crippen LogP contribution in [-0.2, 0) is 6.42 Å². The van der Waals surface area contributed by atoms with Gasteiger partial charge in [0.15, 0.2) is 0 Å². The van der Waals surface area contributed by atoms with E-state index in [4.69, 9.17) is 0 Å². The van der Waals surface area contributed by atoms with Gasteiger partial charge in [-0.25, -0.2) is 4.68 Å². The minimum Gasteiger partial charge on any atom is -0.240 e. The predicted molar refractivity (Wildman–Crippen MR) is 111 cm³/mol. The summed E-state index contributed by atoms with van der Waals surface area (Å²) in [5.74, 6) is 1.75. The lowest BCUT2D eigenvalue weighted by Crippen LogP contribution is -2.16. The molecule has 4 rings (SSSR count). The van der Waals surface area contributed by atoms with Crippen LogP contribution in [0.25, 0.3) is 22.5 Å². The molecule has 1 aliphatic rings. The zero-order chi connectivity index (χ0) is 18.3. The second kappa shape index (κ2) is 6.92. The average molecular weight is 364 g/mol. The van der Waals surface area contributed by atoms with Crippen molar-refractivity contribution in [3.8, 4) is 22.5 Å². The van der Waals surface area contributed by atoms with Crippen molar-refractivity contribution in [3.05, 3.63) is 59.7 Å². The number of thiol groups is 1. The predicted octanol–water partition coefficient (Wildman–Crippen LogP) is 5.40. The first-order valence-electron chi connectivity index (χ1n) is 9.35. The lowest BCUT2D eigenvalue weighted by Gasteiger charge is -2.28. The number of fused-ring (bicyclic) bond motifs is 5. The molecule has 0 spiro atoms. The first kappa shape index (κ1) is 17.3. The fourth-order valence-electron chi connectivity index (χ4n) is 4.02. The van der Waals surface area contributed by atoms with Crippen molar-refractivity contribution in [2.24, 2.45) is 5.92 Å². The number of hydrogen-bond donors (Lipinski definition) is 1. The van der Waals surface area contributed by atoms with Gasteiger partial charge >= 0.3 is 0 Å². The smallest absolute Gasteiger partial charge is 0.121 e. The van der Waals surface area contributed by atoms with Crippen LogP contribution in [0.4, 0.5) is 0 Å². The van der Waals surface area contributed by atoms with E-state index in [1.54, 1.807) is 0 Å². The van der Waals surface area contributed by atoms with Crippen LogP contribution in [0.3, 0.4) is 0 Å². The van der Waals surface area contributed by atoms with Crippen molar-refractivity contribution >= 4 is 12.6 Å². The summed E-state index contributed by atoms with van der Waals surface area (Å²) < 4.78 is 2.05. The largest absolute Gasteiger partial charge is 0.240 e. The van der Waals surface area contributed by atoms with Crippen LogP contribution >= 0.6 is 12.6 Å². The summed E-state index contributed by atoms with van der Waals surface area (Å²) in [4.78, 5) is 0. The van der Waals surface area contributed by atoms with Gasteiger partial charge in [0.25, 0.3) is 0 Å². The van der Waals surface area contributed by atoms with Crippen molar-refractivity contribution in [3.63, 3.8) is 0 Å². The molecule has 0 saturated carbocycles. The molecule has 0 radical (unpaired) electrons. The summed E-state index contributed by atoms with van der Waals surface area (Å²) in [6.45, 7) is 6.77. The van der Waals surface area contributed by atoms with Crippen molar-refractivity contribution in [2.75, 3.05) is 5.75 Å². The summed E-state index contributed by atoms with van der Waals surface area (Å²) in [7, 11) is 0.